The molecule has 0 aromatic rings. The molecule has 5 nitrogen and oxygen atoms in total. The summed E-state index contributed by atoms with van der Waals surface area (Å²) in [4.78, 5) is 22.2. The maximum Gasteiger partial charge on any atom is 0.312 e. The number of hydrogen-bond donors (Lipinski definition) is 3. The molecule has 0 radical (unpaired) electrons. The van der Waals surface area contributed by atoms with Crippen LogP contribution in [0.2, 0.25) is 0 Å². The Balaban J connectivity index is 4.13. The minimum atomic E-state index is -0.685. The highest BCUT2D eigenvalue weighted by atomic mass is 32.2. The van der Waals surface area contributed by atoms with E-state index in [9.17, 15) is 9.59 Å². The molecule has 86 valence electrons. The van der Waals surface area contributed by atoms with Crippen molar-refractivity contribution in [1.29, 1.82) is 0 Å². The van der Waals surface area contributed by atoms with E-state index in [-0.39, 0.29) is 5.91 Å². The van der Waals surface area contributed by atoms with Gasteiger partial charge in [0.2, 0.25) is 5.91 Å². The maximum atomic E-state index is 11.5. The lowest BCUT2D eigenvalue weighted by Crippen LogP contribution is -2.48. The number of amides is 3. The van der Waals surface area contributed by atoms with Crippen LogP contribution >= 0.6 is 11.8 Å². The first-order valence-corrected chi connectivity index (χ1v) is 5.94. The first-order chi connectivity index (χ1) is 7.11. The van der Waals surface area contributed by atoms with Crippen molar-refractivity contribution in [2.75, 3.05) is 18.6 Å². The van der Waals surface area contributed by atoms with Crippen LogP contribution in [-0.4, -0.2) is 36.5 Å². The summed E-state index contributed by atoms with van der Waals surface area (Å²) in [6.45, 7) is 3.87. The largest absolute Gasteiger partial charge is 0.352 e. The van der Waals surface area contributed by atoms with Crippen LogP contribution in [0.25, 0.3) is 0 Å². The maximum absolute atomic E-state index is 11.5. The number of urea groups is 1. The summed E-state index contributed by atoms with van der Waals surface area (Å²) in [5.74, 6) is 0.551. The molecule has 0 aliphatic heterocycles. The Labute approximate surface area is 93.9 Å². The van der Waals surface area contributed by atoms with E-state index < -0.39 is 12.1 Å². The molecule has 0 saturated carbocycles. The van der Waals surface area contributed by atoms with Crippen molar-refractivity contribution in [2.45, 2.75) is 12.5 Å². The molecular weight excluding hydrogens is 214 g/mol. The Bertz CT molecular complexity index is 233. The summed E-state index contributed by atoms with van der Waals surface area (Å²) in [6, 6.07) is -1.25. The smallest absolute Gasteiger partial charge is 0.312 e. The average molecular weight is 231 g/mol. The number of nitrogens with one attached hydrogen (secondary N) is 2. The third-order valence-corrected chi connectivity index (χ3v) is 2.31. The van der Waals surface area contributed by atoms with E-state index in [0.29, 0.717) is 13.0 Å². The molecule has 0 aromatic heterocycles. The molecule has 1 unspecified atom stereocenters. The van der Waals surface area contributed by atoms with E-state index in [4.69, 9.17) is 5.73 Å². The van der Waals surface area contributed by atoms with Gasteiger partial charge in [-0.1, -0.05) is 6.08 Å². The van der Waals surface area contributed by atoms with Crippen LogP contribution in [0.15, 0.2) is 12.7 Å². The van der Waals surface area contributed by atoms with Crippen molar-refractivity contribution in [3.05, 3.63) is 12.7 Å². The third kappa shape index (κ3) is 6.84. The summed E-state index contributed by atoms with van der Waals surface area (Å²) in [5, 5.41) is 5.01. The molecule has 6 heteroatoms. The molecule has 0 heterocycles. The first kappa shape index (κ1) is 13.8. The average Bonchev–Trinajstić information content (AvgIpc) is 2.20. The van der Waals surface area contributed by atoms with E-state index >= 15 is 0 Å². The molecule has 0 aliphatic rings. The molecule has 4 N–H and O–H groups in total. The quantitative estimate of drug-likeness (QED) is 0.542. The zero-order valence-electron chi connectivity index (χ0n) is 8.79. The number of rotatable bonds is 7. The number of carbonyl (C=O) groups excluding carboxylic acids is 2. The van der Waals surface area contributed by atoms with Gasteiger partial charge in [0.15, 0.2) is 0 Å². The Hall–Kier alpha value is -1.17. The zero-order chi connectivity index (χ0) is 11.7. The molecular formula is C9H17N3O2S. The summed E-state index contributed by atoms with van der Waals surface area (Å²) in [7, 11) is 0. The van der Waals surface area contributed by atoms with Crippen molar-refractivity contribution < 1.29 is 9.59 Å². The van der Waals surface area contributed by atoms with Gasteiger partial charge in [0, 0.05) is 6.54 Å². The van der Waals surface area contributed by atoms with Crippen LogP contribution in [0.4, 0.5) is 4.79 Å². The van der Waals surface area contributed by atoms with Gasteiger partial charge in [-0.15, -0.1) is 6.58 Å². The lowest BCUT2D eigenvalue weighted by atomic mass is 10.2. The SMILES string of the molecule is C=CCNC(=O)C(CCSC)NC(N)=O. The topological polar surface area (TPSA) is 84.2 Å². The van der Waals surface area contributed by atoms with Crippen molar-refractivity contribution in [3.63, 3.8) is 0 Å². The van der Waals surface area contributed by atoms with Crippen LogP contribution < -0.4 is 16.4 Å². The van der Waals surface area contributed by atoms with Gasteiger partial charge in [-0.25, -0.2) is 4.79 Å². The highest BCUT2D eigenvalue weighted by molar-refractivity contribution is 7.98. The lowest BCUT2D eigenvalue weighted by molar-refractivity contribution is -0.122. The number of hydrogen-bond acceptors (Lipinski definition) is 3. The highest BCUT2D eigenvalue weighted by Crippen LogP contribution is 2.00. The van der Waals surface area contributed by atoms with Gasteiger partial charge in [-0.05, 0) is 18.4 Å². The summed E-state index contributed by atoms with van der Waals surface area (Å²) >= 11 is 1.61. The van der Waals surface area contributed by atoms with E-state index in [0.717, 1.165) is 5.75 Å². The van der Waals surface area contributed by atoms with Crippen molar-refractivity contribution in [1.82, 2.24) is 10.6 Å². The highest BCUT2D eigenvalue weighted by Gasteiger charge is 2.18. The fourth-order valence-corrected chi connectivity index (χ4v) is 1.44. The molecule has 3 amide bonds. The number of primary amides is 1. The Morgan fingerprint density at radius 2 is 2.27 bits per heavy atom. The molecule has 0 bridgehead atoms. The third-order valence-electron chi connectivity index (χ3n) is 1.66. The van der Waals surface area contributed by atoms with Gasteiger partial charge in [-0.2, -0.15) is 11.8 Å². The first-order valence-electron chi connectivity index (χ1n) is 4.55. The van der Waals surface area contributed by atoms with Gasteiger partial charge < -0.3 is 16.4 Å². The number of nitrogens with two attached hydrogens (primary N) is 1. The Morgan fingerprint density at radius 3 is 2.73 bits per heavy atom. The molecule has 0 rings (SSSR count). The van der Waals surface area contributed by atoms with Gasteiger partial charge in [-0.3, -0.25) is 4.79 Å². The predicted octanol–water partition coefficient (Wildman–Crippen LogP) is 0.0786. The monoisotopic (exact) mass is 231 g/mol. The molecule has 15 heavy (non-hydrogen) atoms. The van der Waals surface area contributed by atoms with Crippen LogP contribution in [0.1, 0.15) is 6.42 Å². The van der Waals surface area contributed by atoms with E-state index in [1.807, 2.05) is 6.26 Å². The van der Waals surface area contributed by atoms with Crippen LogP contribution in [-0.2, 0) is 4.79 Å². The fraction of sp³-hybridized carbons (Fsp3) is 0.556. The number of thioether (sulfide) groups is 1. The minimum Gasteiger partial charge on any atom is -0.352 e. The molecule has 0 fully saturated rings. The summed E-state index contributed by atoms with van der Waals surface area (Å²) in [6.07, 6.45) is 4.07. The van der Waals surface area contributed by atoms with E-state index in [2.05, 4.69) is 17.2 Å². The van der Waals surface area contributed by atoms with Crippen molar-refractivity contribution in [3.8, 4) is 0 Å². The predicted molar refractivity (Wildman–Crippen MR) is 62.7 cm³/mol. The van der Waals surface area contributed by atoms with E-state index in [1.54, 1.807) is 17.8 Å². The molecule has 0 aromatic carbocycles. The molecule has 0 saturated heterocycles. The van der Waals surface area contributed by atoms with Gasteiger partial charge in [0.25, 0.3) is 0 Å². The summed E-state index contributed by atoms with van der Waals surface area (Å²) in [5.41, 5.74) is 4.97. The van der Waals surface area contributed by atoms with Gasteiger partial charge >= 0.3 is 6.03 Å². The lowest BCUT2D eigenvalue weighted by Gasteiger charge is -2.15. The second-order valence-electron chi connectivity index (χ2n) is 2.88. The fourth-order valence-electron chi connectivity index (χ4n) is 0.972. The van der Waals surface area contributed by atoms with Crippen molar-refractivity contribution >= 4 is 23.7 Å². The minimum absolute atomic E-state index is 0.234. The second-order valence-corrected chi connectivity index (χ2v) is 3.86. The second kappa shape index (κ2) is 8.16. The zero-order valence-corrected chi connectivity index (χ0v) is 9.60. The van der Waals surface area contributed by atoms with Gasteiger partial charge in [0.1, 0.15) is 6.04 Å². The van der Waals surface area contributed by atoms with E-state index in [1.165, 1.54) is 0 Å². The molecule has 1 atom stereocenters. The van der Waals surface area contributed by atoms with Crippen LogP contribution in [0, 0.1) is 0 Å². The molecule has 0 spiro atoms. The normalized spacial score (nSPS) is 11.5. The standard InChI is InChI=1S/C9H17N3O2S/c1-3-5-11-8(13)7(4-6-15-2)12-9(10)14/h3,7H,1,4-6H2,2H3,(H,11,13)(H3,10,12,14). The Morgan fingerprint density at radius 1 is 1.60 bits per heavy atom. The Kier molecular flexibility index (Phi) is 7.53. The number of carbonyl (C=O) groups is 2. The van der Waals surface area contributed by atoms with Gasteiger partial charge in [0.05, 0.1) is 0 Å². The van der Waals surface area contributed by atoms with Crippen molar-refractivity contribution in [2.24, 2.45) is 5.73 Å². The summed E-state index contributed by atoms with van der Waals surface area (Å²) < 4.78 is 0. The molecule has 0 aliphatic carbocycles. The van der Waals surface area contributed by atoms with Crippen LogP contribution in [0.3, 0.4) is 0 Å². The van der Waals surface area contributed by atoms with Crippen LogP contribution in [0.5, 0.6) is 0 Å².